The van der Waals surface area contributed by atoms with Gasteiger partial charge in [-0.05, 0) is 12.8 Å². The normalized spacial score (nSPS) is 14.2. The summed E-state index contributed by atoms with van der Waals surface area (Å²) in [4.78, 5) is 3.86. The Morgan fingerprint density at radius 2 is 2.12 bits per heavy atom. The number of nitrogens with one attached hydrogen (secondary N) is 1. The topological polar surface area (TPSA) is 79.3 Å². The molecule has 0 aliphatic heterocycles. The van der Waals surface area contributed by atoms with E-state index in [9.17, 15) is 8.42 Å². The lowest BCUT2D eigenvalue weighted by Gasteiger charge is -2.19. The van der Waals surface area contributed by atoms with Crippen LogP contribution in [0.1, 0.15) is 19.5 Å². The highest BCUT2D eigenvalue weighted by Gasteiger charge is 2.26. The van der Waals surface area contributed by atoms with Gasteiger partial charge in [-0.2, -0.15) is 0 Å². The Balaban J connectivity index is 3.00. The van der Waals surface area contributed by atoms with Crippen LogP contribution in [0, 0.1) is 12.8 Å². The number of aliphatic hydroxyl groups excluding tert-OH is 1. The van der Waals surface area contributed by atoms with Gasteiger partial charge in [0.2, 0.25) is 0 Å². The van der Waals surface area contributed by atoms with Crippen LogP contribution < -0.4 is 4.72 Å². The van der Waals surface area contributed by atoms with E-state index in [1.54, 1.807) is 6.92 Å². The number of hydrogen-bond acceptors (Lipinski definition) is 5. The molecule has 0 aromatic carbocycles. The van der Waals surface area contributed by atoms with Crippen LogP contribution in [-0.2, 0) is 10.0 Å². The predicted molar refractivity (Wildman–Crippen MR) is 67.9 cm³/mol. The molecule has 0 fully saturated rings. The Kier molecular flexibility index (Phi) is 4.91. The Morgan fingerprint density at radius 3 is 2.47 bits per heavy atom. The number of aryl methyl sites for hydroxylation is 1. The molecule has 5 nitrogen and oxygen atoms in total. The number of rotatable bonds is 5. The van der Waals surface area contributed by atoms with Gasteiger partial charge in [-0.3, -0.25) is 0 Å². The quantitative estimate of drug-likeness (QED) is 0.861. The molecule has 8 heteroatoms. The summed E-state index contributed by atoms with van der Waals surface area (Å²) in [5.41, 5.74) is 0.368. The van der Waals surface area contributed by atoms with Crippen LogP contribution in [0.5, 0.6) is 0 Å². The molecule has 0 aliphatic rings. The molecule has 1 atom stereocenters. The van der Waals surface area contributed by atoms with Gasteiger partial charge >= 0.3 is 0 Å². The zero-order valence-corrected chi connectivity index (χ0v) is 12.2. The maximum Gasteiger partial charge on any atom is 0.252 e. The van der Waals surface area contributed by atoms with Crippen molar-refractivity contribution in [1.29, 1.82) is 0 Å². The van der Waals surface area contributed by atoms with Gasteiger partial charge in [-0.25, -0.2) is 18.1 Å². The van der Waals surface area contributed by atoms with Crippen molar-refractivity contribution < 1.29 is 13.5 Å². The van der Waals surface area contributed by atoms with Crippen LogP contribution in [-0.4, -0.2) is 31.2 Å². The molecular weight excluding hydrogens is 284 g/mol. The Morgan fingerprint density at radius 1 is 1.53 bits per heavy atom. The number of aromatic nitrogens is 1. The minimum Gasteiger partial charge on any atom is -0.395 e. The van der Waals surface area contributed by atoms with Crippen molar-refractivity contribution in [3.63, 3.8) is 0 Å². The second kappa shape index (κ2) is 5.62. The summed E-state index contributed by atoms with van der Waals surface area (Å²) >= 11 is 6.58. The lowest BCUT2D eigenvalue weighted by Crippen LogP contribution is -2.40. The number of halogens is 1. The standard InChI is InChI=1S/C9H15ClN2O3S2/c1-5(2)7(4-13)12-17(14,15)8-6(3)11-9(10)16-8/h5,7,12-13H,4H2,1-3H3/t7-/m1/s1. The second-order valence-electron chi connectivity index (χ2n) is 3.99. The monoisotopic (exact) mass is 298 g/mol. The highest BCUT2D eigenvalue weighted by Crippen LogP contribution is 2.26. The largest absolute Gasteiger partial charge is 0.395 e. The van der Waals surface area contributed by atoms with Crippen LogP contribution in [0.25, 0.3) is 0 Å². The fraction of sp³-hybridized carbons (Fsp3) is 0.667. The Labute approximate surface area is 110 Å². The van der Waals surface area contributed by atoms with Gasteiger partial charge in [0, 0.05) is 6.04 Å². The number of sulfonamides is 1. The van der Waals surface area contributed by atoms with E-state index in [4.69, 9.17) is 16.7 Å². The fourth-order valence-corrected chi connectivity index (χ4v) is 4.37. The van der Waals surface area contributed by atoms with Crippen molar-refractivity contribution in [3.05, 3.63) is 10.2 Å². The first-order chi connectivity index (χ1) is 7.77. The minimum atomic E-state index is -3.66. The predicted octanol–water partition coefficient (Wildman–Crippen LogP) is 1.40. The van der Waals surface area contributed by atoms with Gasteiger partial charge in [-0.15, -0.1) is 0 Å². The zero-order chi connectivity index (χ0) is 13.2. The van der Waals surface area contributed by atoms with E-state index < -0.39 is 16.1 Å². The van der Waals surface area contributed by atoms with E-state index in [0.717, 1.165) is 11.3 Å². The van der Waals surface area contributed by atoms with E-state index in [1.165, 1.54) is 0 Å². The molecule has 0 saturated heterocycles. The molecule has 2 N–H and O–H groups in total. The molecule has 0 saturated carbocycles. The molecule has 0 spiro atoms. The first-order valence-corrected chi connectivity index (χ1v) is 7.71. The first kappa shape index (κ1) is 14.8. The third-order valence-corrected chi connectivity index (χ3v) is 5.64. The van der Waals surface area contributed by atoms with E-state index >= 15 is 0 Å². The lowest BCUT2D eigenvalue weighted by atomic mass is 10.1. The van der Waals surface area contributed by atoms with Gasteiger partial charge in [0.25, 0.3) is 10.0 Å². The smallest absolute Gasteiger partial charge is 0.252 e. The summed E-state index contributed by atoms with van der Waals surface area (Å²) in [5, 5.41) is 9.12. The summed E-state index contributed by atoms with van der Waals surface area (Å²) in [6.07, 6.45) is 0. The van der Waals surface area contributed by atoms with Crippen molar-refractivity contribution in [3.8, 4) is 0 Å². The summed E-state index contributed by atoms with van der Waals surface area (Å²) in [6.45, 7) is 4.99. The summed E-state index contributed by atoms with van der Waals surface area (Å²) in [6, 6.07) is -0.514. The molecule has 1 heterocycles. The van der Waals surface area contributed by atoms with Gasteiger partial charge in [0.1, 0.15) is 0 Å². The van der Waals surface area contributed by atoms with Crippen molar-refractivity contribution in [2.45, 2.75) is 31.0 Å². The molecule has 0 bridgehead atoms. The molecule has 0 aliphatic carbocycles. The fourth-order valence-electron chi connectivity index (χ4n) is 1.24. The third kappa shape index (κ3) is 3.62. The minimum absolute atomic E-state index is 0.00141. The van der Waals surface area contributed by atoms with E-state index in [2.05, 4.69) is 9.71 Å². The molecular formula is C9H15ClN2O3S2. The highest BCUT2D eigenvalue weighted by molar-refractivity contribution is 7.91. The SMILES string of the molecule is Cc1nc(Cl)sc1S(=O)(=O)N[C@H](CO)C(C)C. The average molecular weight is 299 g/mol. The molecule has 98 valence electrons. The number of aliphatic hydroxyl groups is 1. The highest BCUT2D eigenvalue weighted by atomic mass is 35.5. The van der Waals surface area contributed by atoms with Crippen LogP contribution in [0.15, 0.2) is 4.21 Å². The van der Waals surface area contributed by atoms with Gasteiger partial charge in [0.05, 0.1) is 12.3 Å². The molecule has 1 aromatic rings. The molecule has 0 radical (unpaired) electrons. The van der Waals surface area contributed by atoms with E-state index in [0.29, 0.717) is 5.69 Å². The number of hydrogen-bond donors (Lipinski definition) is 2. The van der Waals surface area contributed by atoms with Crippen molar-refractivity contribution in [2.24, 2.45) is 5.92 Å². The molecule has 1 rings (SSSR count). The maximum absolute atomic E-state index is 12.0. The van der Waals surface area contributed by atoms with Crippen LogP contribution in [0.2, 0.25) is 4.47 Å². The first-order valence-electron chi connectivity index (χ1n) is 5.04. The van der Waals surface area contributed by atoms with Crippen molar-refractivity contribution in [2.75, 3.05) is 6.61 Å². The molecule has 0 unspecified atom stereocenters. The van der Waals surface area contributed by atoms with Crippen LogP contribution in [0.3, 0.4) is 0 Å². The third-order valence-electron chi connectivity index (χ3n) is 2.28. The van der Waals surface area contributed by atoms with Gasteiger partial charge in [0.15, 0.2) is 8.68 Å². The number of thiazole rings is 1. The lowest BCUT2D eigenvalue weighted by molar-refractivity contribution is 0.228. The summed E-state index contributed by atoms with van der Waals surface area (Å²) in [7, 11) is -3.66. The van der Waals surface area contributed by atoms with E-state index in [1.807, 2.05) is 13.8 Å². The van der Waals surface area contributed by atoms with Crippen LogP contribution in [0.4, 0.5) is 0 Å². The average Bonchev–Trinajstić information content (AvgIpc) is 2.54. The van der Waals surface area contributed by atoms with Gasteiger partial charge in [-0.1, -0.05) is 36.8 Å². The Bertz CT molecular complexity index is 484. The summed E-state index contributed by atoms with van der Waals surface area (Å²) in [5.74, 6) is -0.00141. The second-order valence-corrected chi connectivity index (χ2v) is 7.48. The van der Waals surface area contributed by atoms with Crippen molar-refractivity contribution >= 4 is 33.0 Å². The molecule has 0 amide bonds. The summed E-state index contributed by atoms with van der Waals surface area (Å²) < 4.78 is 26.8. The van der Waals surface area contributed by atoms with Gasteiger partial charge < -0.3 is 5.11 Å². The molecule has 1 aromatic heterocycles. The zero-order valence-electron chi connectivity index (χ0n) is 9.77. The Hall–Kier alpha value is -0.210. The number of nitrogens with zero attached hydrogens (tertiary/aromatic N) is 1. The van der Waals surface area contributed by atoms with Crippen molar-refractivity contribution in [1.82, 2.24) is 9.71 Å². The van der Waals surface area contributed by atoms with E-state index in [-0.39, 0.29) is 21.2 Å². The molecule has 17 heavy (non-hydrogen) atoms. The van der Waals surface area contributed by atoms with Crippen LogP contribution >= 0.6 is 22.9 Å². The maximum atomic E-state index is 12.0.